The number of amides is 6. The van der Waals surface area contributed by atoms with E-state index in [2.05, 4.69) is 286 Å². The van der Waals surface area contributed by atoms with Crippen molar-refractivity contribution in [1.29, 1.82) is 0 Å². The molecule has 0 atom stereocenters. The molecule has 0 rings (SSSR count). The van der Waals surface area contributed by atoms with Crippen LogP contribution in [0.25, 0.3) is 0 Å². The number of carbonyl (C=O) groups excluding carboxylic acids is 6. The fraction of sp³-hybridized carbons (Fsp3) is 0.950. The van der Waals surface area contributed by atoms with Gasteiger partial charge < -0.3 is 116 Å². The van der Waals surface area contributed by atoms with Crippen LogP contribution in [-0.2, 0) is 38.2 Å². The third-order valence-electron chi connectivity index (χ3n) is 20.4. The van der Waals surface area contributed by atoms with Gasteiger partial charge >= 0.3 is 0 Å². The maximum atomic E-state index is 11.1. The van der Waals surface area contributed by atoms with Crippen LogP contribution in [0.1, 0.15) is 477 Å². The number of hydrogen-bond acceptors (Lipinski definition) is 22. The van der Waals surface area contributed by atoms with E-state index in [0.717, 1.165) is 176 Å². The van der Waals surface area contributed by atoms with Crippen LogP contribution in [0.2, 0.25) is 0 Å². The van der Waals surface area contributed by atoms with Crippen molar-refractivity contribution in [2.75, 3.05) is 198 Å². The Balaban J connectivity index is -0.000000100. The van der Waals surface area contributed by atoms with E-state index in [-0.39, 0.29) is 78.4 Å². The second kappa shape index (κ2) is 159. The zero-order valence-electron chi connectivity index (χ0n) is 107. The lowest BCUT2D eigenvalue weighted by atomic mass is 10.2. The highest BCUT2D eigenvalue weighted by Crippen LogP contribution is 2.02. The summed E-state index contributed by atoms with van der Waals surface area (Å²) in [5, 5.41) is 64.1. The second-order valence-corrected chi connectivity index (χ2v) is 42.4. The molecule has 912 valence electrons. The fourth-order valence-corrected chi connectivity index (χ4v) is 11.0. The van der Waals surface area contributed by atoms with Gasteiger partial charge in [-0.25, -0.2) is 0 Å². The molecule has 0 spiro atoms. The van der Waals surface area contributed by atoms with E-state index in [0.29, 0.717) is 61.5 Å². The summed E-state index contributed by atoms with van der Waals surface area (Å²) in [5.41, 5.74) is 0. The van der Waals surface area contributed by atoms with Crippen LogP contribution in [0, 0.1) is 35.5 Å². The summed E-state index contributed by atoms with van der Waals surface area (Å²) in [6.45, 7) is 112. The molecule has 28 heteroatoms. The highest BCUT2D eigenvalue weighted by molar-refractivity contribution is 5.79. The first-order valence-electron chi connectivity index (χ1n) is 61.0. The molecule has 0 aromatic heterocycles. The SMILES string of the molecule is C.CCCCCCNC(=O)C(C)C.CCCCCCNC(C)C.CCCCCCNC(C)C.CCCCNCCCNC(=O)C(C)C.CCCCNCCCNC(C)C.CCCCNCCCNCCCNC(C)C.CCCNC(=O)C(C)C.CCCNC(=O)C(C)C.CCCNC(C)C.CCCNC(C)C.CCCNCCCNC(=O)C(C)C.CCCNCCCNC(C)C.COCCNC(=O)C(C)C.COCCNC(C)C. The first kappa shape index (κ1) is 178. The first-order valence-corrected chi connectivity index (χ1v) is 61.0. The highest BCUT2D eigenvalue weighted by Gasteiger charge is 2.10. The Morgan fingerprint density at radius 1 is 0.154 bits per heavy atom. The lowest BCUT2D eigenvalue weighted by molar-refractivity contribution is -0.124. The van der Waals surface area contributed by atoms with Crippen molar-refractivity contribution >= 4 is 35.4 Å². The molecule has 0 saturated carbocycles. The third kappa shape index (κ3) is 224. The van der Waals surface area contributed by atoms with Gasteiger partial charge in [0.2, 0.25) is 35.4 Å². The molecule has 0 aliphatic carbocycles. The number of nitrogens with one attached hydrogen (secondary N) is 20. The highest BCUT2D eigenvalue weighted by atomic mass is 16.5. The van der Waals surface area contributed by atoms with Gasteiger partial charge in [-0.15, -0.1) is 0 Å². The van der Waals surface area contributed by atoms with E-state index < -0.39 is 0 Å². The van der Waals surface area contributed by atoms with Gasteiger partial charge in [0, 0.05) is 144 Å². The van der Waals surface area contributed by atoms with E-state index in [1.54, 1.807) is 14.2 Å². The van der Waals surface area contributed by atoms with E-state index in [4.69, 9.17) is 9.47 Å². The number of ether oxygens (including phenoxy) is 2. The standard InChI is InChI=1S/C13H31N3.C11H24N2O.C10H22N2O.C10H24N2.C10H21NO.C9H22N2.2C9H21N.C7H15NO2.2C7H15NO.C6H15NO.2C6H15N.CH4/c1-4-5-8-14-9-6-10-15-11-7-12-16-13(2)3;1-4-5-7-12-8-6-9-13-11(14)10(2)3;1-4-6-11-7-5-8-12-10(13)9(2)3;1-4-5-7-11-8-6-9-12-10(2)3;1-4-5-6-7-8-11-10(12)9(2)3;1-4-6-10-7-5-8-11-9(2)3;2*1-4-5-6-7-8-10-9(2)3;1-6(2)7(9)8-4-5-10-3;2*1-4-5-8-7(9)6(2)3;1-6(2)7-4-5-8-3;2*1-4-5-7-6(2)3;/h13-16H,4-12H2,1-3H3;10,12H,4-9H2,1-3H3,(H,13,14);9,11H,4-8H2,1-3H3,(H,12,13);10-12H,4-9H2,1-3H3;9H,4-8H2,1-3H3,(H,11,12);9-11H,4-8H2,1-3H3;2*9-10H,4-8H2,1-3H3;6H,4-5H2,1-3H3,(H,8,9);2*6H,4-5H2,1-3H3,(H,8,9);6-7H,4-5H2,1-3H3;2*6-7H,4-5H2,1-3H3;1H4. The van der Waals surface area contributed by atoms with Crippen molar-refractivity contribution in [2.24, 2.45) is 35.5 Å². The Morgan fingerprint density at radius 2 is 0.309 bits per heavy atom. The maximum absolute atomic E-state index is 11.1. The smallest absolute Gasteiger partial charge is 0.222 e. The average molecular weight is 2140 g/mol. The second-order valence-electron chi connectivity index (χ2n) is 42.4. The Bertz CT molecular complexity index is 2330. The van der Waals surface area contributed by atoms with E-state index in [1.807, 2.05) is 96.9 Å². The summed E-state index contributed by atoms with van der Waals surface area (Å²) in [6, 6.07) is 5.05. The molecule has 20 N–H and O–H groups in total. The van der Waals surface area contributed by atoms with Crippen LogP contribution >= 0.6 is 0 Å². The molecule has 0 unspecified atom stereocenters. The molecule has 6 amide bonds. The Morgan fingerprint density at radius 3 is 0.503 bits per heavy atom. The van der Waals surface area contributed by atoms with Gasteiger partial charge in [-0.05, 0) is 240 Å². The predicted molar refractivity (Wildman–Crippen MR) is 666 cm³/mol. The molecule has 0 heterocycles. The van der Waals surface area contributed by atoms with Crippen molar-refractivity contribution in [3.63, 3.8) is 0 Å². The number of rotatable bonds is 80. The summed E-state index contributed by atoms with van der Waals surface area (Å²) < 4.78 is 9.59. The van der Waals surface area contributed by atoms with Gasteiger partial charge in [0.25, 0.3) is 0 Å². The summed E-state index contributed by atoms with van der Waals surface area (Å²) in [6.07, 6.45) is 37.3. The van der Waals surface area contributed by atoms with E-state index in [1.165, 1.54) is 187 Å². The zero-order valence-corrected chi connectivity index (χ0v) is 107. The molecule has 0 radical (unpaired) electrons. The van der Waals surface area contributed by atoms with Gasteiger partial charge in [-0.1, -0.05) is 361 Å². The van der Waals surface area contributed by atoms with Crippen LogP contribution in [-0.4, -0.2) is 281 Å². The van der Waals surface area contributed by atoms with Crippen molar-refractivity contribution in [3.05, 3.63) is 0 Å². The van der Waals surface area contributed by atoms with Crippen molar-refractivity contribution in [2.45, 2.75) is 525 Å². The first-order chi connectivity index (χ1) is 70.2. The summed E-state index contributed by atoms with van der Waals surface area (Å²) in [5.74, 6) is 1.49. The molecule has 0 aromatic rings. The topological polar surface area (TPSA) is 361 Å². The minimum absolute atomic E-state index is 0. The molecule has 28 nitrogen and oxygen atoms in total. The summed E-state index contributed by atoms with van der Waals surface area (Å²) in [7, 11) is 3.32. The Labute approximate surface area is 933 Å². The molecule has 0 saturated heterocycles. The Kier molecular flexibility index (Phi) is 190. The van der Waals surface area contributed by atoms with Crippen molar-refractivity contribution in [1.82, 2.24) is 106 Å². The molecular formula is C121H280N20O8. The minimum Gasteiger partial charge on any atom is -0.383 e. The third-order valence-corrected chi connectivity index (χ3v) is 20.4. The van der Waals surface area contributed by atoms with E-state index in [9.17, 15) is 28.8 Å². The monoisotopic (exact) mass is 2140 g/mol. The minimum atomic E-state index is 0. The van der Waals surface area contributed by atoms with Crippen LogP contribution in [0.5, 0.6) is 0 Å². The molecule has 149 heavy (non-hydrogen) atoms. The number of hydrogen-bond donors (Lipinski definition) is 20. The quantitative estimate of drug-likeness (QED) is 0.0252. The average Bonchev–Trinajstić information content (AvgIpc) is 1.02. The fourth-order valence-electron chi connectivity index (χ4n) is 11.0. The molecule has 0 aliphatic rings. The number of unbranched alkanes of at least 4 members (excludes halogenated alkanes) is 12. The van der Waals surface area contributed by atoms with Gasteiger partial charge in [0.15, 0.2) is 0 Å². The molecule has 0 bridgehead atoms. The summed E-state index contributed by atoms with van der Waals surface area (Å²) in [4.78, 5) is 65.7. The zero-order chi connectivity index (χ0) is 116. The van der Waals surface area contributed by atoms with Crippen LogP contribution in [0.3, 0.4) is 0 Å². The van der Waals surface area contributed by atoms with Crippen molar-refractivity contribution < 1.29 is 38.2 Å². The van der Waals surface area contributed by atoms with Crippen LogP contribution in [0.4, 0.5) is 0 Å². The largest absolute Gasteiger partial charge is 0.383 e. The number of carbonyl (C=O) groups is 6. The maximum Gasteiger partial charge on any atom is 0.222 e. The van der Waals surface area contributed by atoms with Gasteiger partial charge in [0.1, 0.15) is 0 Å². The van der Waals surface area contributed by atoms with Crippen molar-refractivity contribution in [3.8, 4) is 0 Å². The molecule has 0 aliphatic heterocycles. The normalized spacial score (nSPS) is 10.5. The van der Waals surface area contributed by atoms with Crippen LogP contribution < -0.4 is 106 Å². The van der Waals surface area contributed by atoms with Gasteiger partial charge in [0.05, 0.1) is 13.2 Å². The molecule has 0 aromatic carbocycles. The molecule has 0 fully saturated rings. The van der Waals surface area contributed by atoms with E-state index >= 15 is 0 Å². The lowest BCUT2D eigenvalue weighted by Gasteiger charge is -2.08. The number of methoxy groups -OCH3 is 2. The summed E-state index contributed by atoms with van der Waals surface area (Å²) >= 11 is 0. The van der Waals surface area contributed by atoms with Gasteiger partial charge in [-0.2, -0.15) is 0 Å². The van der Waals surface area contributed by atoms with Crippen LogP contribution in [0.15, 0.2) is 0 Å². The van der Waals surface area contributed by atoms with Gasteiger partial charge in [-0.3, -0.25) is 28.8 Å². The molecular weight excluding hydrogens is 1860 g/mol. The predicted octanol–water partition coefficient (Wildman–Crippen LogP) is 21.8. The lowest BCUT2D eigenvalue weighted by Crippen LogP contribution is -2.30. The Hall–Kier alpha value is -3.82.